The van der Waals surface area contributed by atoms with Crippen LogP contribution < -0.4 is 15.0 Å². The molecule has 5 aromatic rings. The van der Waals surface area contributed by atoms with Gasteiger partial charge in [-0.05, 0) is 65.2 Å². The van der Waals surface area contributed by atoms with Gasteiger partial charge in [0.05, 0.1) is 52.5 Å². The zero-order valence-corrected chi connectivity index (χ0v) is 27.8. The number of para-hydroxylation sites is 1. The van der Waals surface area contributed by atoms with E-state index < -0.39 is 46.6 Å². The van der Waals surface area contributed by atoms with E-state index in [1.165, 1.54) is 31.8 Å². The molecule has 49 heavy (non-hydrogen) atoms. The Bertz CT molecular complexity index is 2030. The van der Waals surface area contributed by atoms with Gasteiger partial charge < -0.3 is 14.4 Å². The van der Waals surface area contributed by atoms with Crippen LogP contribution in [-0.2, 0) is 18.8 Å². The van der Waals surface area contributed by atoms with Crippen molar-refractivity contribution in [3.05, 3.63) is 128 Å². The van der Waals surface area contributed by atoms with Gasteiger partial charge in [0, 0.05) is 24.2 Å². The number of benzene rings is 4. The Labute approximate surface area is 284 Å². The Balaban J connectivity index is 1.76. The molecule has 0 aliphatic rings. The van der Waals surface area contributed by atoms with Crippen LogP contribution in [0.3, 0.4) is 0 Å². The summed E-state index contributed by atoms with van der Waals surface area (Å²) in [6.07, 6.45) is -10.2. The molecule has 0 N–H and O–H groups in total. The van der Waals surface area contributed by atoms with Gasteiger partial charge in [-0.1, -0.05) is 42.5 Å². The largest absolute Gasteiger partial charge is 0.497 e. The van der Waals surface area contributed by atoms with Crippen LogP contribution in [0.1, 0.15) is 45.8 Å². The first-order valence-corrected chi connectivity index (χ1v) is 15.5. The van der Waals surface area contributed by atoms with Gasteiger partial charge in [0.25, 0.3) is 11.5 Å². The molecule has 0 saturated carbocycles. The third kappa shape index (κ3) is 7.43. The number of aromatic nitrogens is 2. The molecule has 0 saturated heterocycles. The molecule has 1 atom stereocenters. The Morgan fingerprint density at radius 2 is 1.49 bits per heavy atom. The lowest BCUT2D eigenvalue weighted by molar-refractivity contribution is -0.143. The van der Waals surface area contributed by atoms with Gasteiger partial charge in [0.1, 0.15) is 17.3 Å². The molecule has 0 bridgehead atoms. The highest BCUT2D eigenvalue weighted by atomic mass is 79.9. The lowest BCUT2D eigenvalue weighted by Crippen LogP contribution is -2.39. The standard InChI is InChI=1S/C35H28BrF6N3O4/c1-20(31-43-27-12-8-7-11-26(27)33(47)45(31)28-18-25(48-2)19-29(49-3)30(28)36)44(14-13-21-9-5-4-6-10-21)32(46)22-15-23(34(37,38)39)17-24(16-22)35(40,41)42/h4-12,15-20H,13-14H2,1-3H3. The van der Waals surface area contributed by atoms with Crippen molar-refractivity contribution in [2.45, 2.75) is 31.7 Å². The molecule has 1 unspecified atom stereocenters. The lowest BCUT2D eigenvalue weighted by atomic mass is 10.0. The minimum absolute atomic E-state index is 0.0239. The van der Waals surface area contributed by atoms with Gasteiger partial charge in [-0.25, -0.2) is 4.98 Å². The highest BCUT2D eigenvalue weighted by Gasteiger charge is 2.39. The van der Waals surface area contributed by atoms with Crippen LogP contribution in [0, 0.1) is 0 Å². The van der Waals surface area contributed by atoms with Crippen LogP contribution in [0.2, 0.25) is 0 Å². The first-order valence-electron chi connectivity index (χ1n) is 14.7. The van der Waals surface area contributed by atoms with E-state index in [0.717, 1.165) is 10.5 Å². The van der Waals surface area contributed by atoms with E-state index in [0.29, 0.717) is 22.4 Å². The third-order valence-corrected chi connectivity index (χ3v) is 8.71. The van der Waals surface area contributed by atoms with Crippen LogP contribution in [0.4, 0.5) is 26.3 Å². The summed E-state index contributed by atoms with van der Waals surface area (Å²) in [5.74, 6) is -0.566. The van der Waals surface area contributed by atoms with Crippen LogP contribution in [-0.4, -0.2) is 41.1 Å². The molecule has 1 amide bonds. The van der Waals surface area contributed by atoms with E-state index in [2.05, 4.69) is 15.9 Å². The number of hydrogen-bond acceptors (Lipinski definition) is 5. The first kappa shape index (κ1) is 35.5. The van der Waals surface area contributed by atoms with E-state index in [1.807, 2.05) is 0 Å². The zero-order valence-electron chi connectivity index (χ0n) is 26.2. The van der Waals surface area contributed by atoms with Crippen molar-refractivity contribution in [1.29, 1.82) is 0 Å². The third-order valence-electron chi connectivity index (χ3n) is 7.91. The second-order valence-corrected chi connectivity index (χ2v) is 11.8. The smallest absolute Gasteiger partial charge is 0.416 e. The highest BCUT2D eigenvalue weighted by molar-refractivity contribution is 9.10. The molecule has 256 valence electrons. The van der Waals surface area contributed by atoms with E-state index in [9.17, 15) is 35.9 Å². The summed E-state index contributed by atoms with van der Waals surface area (Å²) in [5.41, 5.74) is -3.44. The number of alkyl halides is 6. The molecule has 0 radical (unpaired) electrons. The first-order chi connectivity index (χ1) is 23.1. The van der Waals surface area contributed by atoms with E-state index in [4.69, 9.17) is 14.5 Å². The van der Waals surface area contributed by atoms with Crippen LogP contribution in [0.15, 0.2) is 94.2 Å². The predicted octanol–water partition coefficient (Wildman–Crippen LogP) is 8.65. The fraction of sp³-hybridized carbons (Fsp3) is 0.229. The summed E-state index contributed by atoms with van der Waals surface area (Å²) in [6, 6.07) is 17.9. The summed E-state index contributed by atoms with van der Waals surface area (Å²) in [4.78, 5) is 34.3. The van der Waals surface area contributed by atoms with Gasteiger partial charge in [-0.15, -0.1) is 0 Å². The number of hydrogen-bond donors (Lipinski definition) is 0. The van der Waals surface area contributed by atoms with Crippen molar-refractivity contribution in [2.24, 2.45) is 0 Å². The zero-order chi connectivity index (χ0) is 35.7. The van der Waals surface area contributed by atoms with E-state index in [-0.39, 0.29) is 47.2 Å². The SMILES string of the molecule is COc1cc(OC)c(Br)c(-n2c(C(C)N(CCc3ccccc3)C(=O)c3cc(C(F)(F)F)cc(C(F)(F)F)c3)nc3ccccc3c2=O)c1. The Morgan fingerprint density at radius 3 is 2.08 bits per heavy atom. The topological polar surface area (TPSA) is 73.7 Å². The minimum Gasteiger partial charge on any atom is -0.497 e. The van der Waals surface area contributed by atoms with Gasteiger partial charge in [-0.2, -0.15) is 26.3 Å². The minimum atomic E-state index is -5.17. The molecule has 1 heterocycles. The summed E-state index contributed by atoms with van der Waals surface area (Å²) in [5, 5.41) is 0.210. The maximum atomic E-state index is 14.2. The Morgan fingerprint density at radius 1 is 0.878 bits per heavy atom. The fourth-order valence-electron chi connectivity index (χ4n) is 5.40. The number of ether oxygens (including phenoxy) is 2. The number of amides is 1. The Hall–Kier alpha value is -4.85. The lowest BCUT2D eigenvalue weighted by Gasteiger charge is -2.31. The number of carbonyl (C=O) groups is 1. The van der Waals surface area contributed by atoms with Crippen molar-refractivity contribution in [1.82, 2.24) is 14.5 Å². The van der Waals surface area contributed by atoms with Gasteiger partial charge in [-0.3, -0.25) is 14.2 Å². The van der Waals surface area contributed by atoms with Gasteiger partial charge in [0.15, 0.2) is 0 Å². The molecule has 0 aliphatic heterocycles. The van der Waals surface area contributed by atoms with Crippen molar-refractivity contribution in [3.63, 3.8) is 0 Å². The average Bonchev–Trinajstić information content (AvgIpc) is 3.08. The van der Waals surface area contributed by atoms with Gasteiger partial charge in [0.2, 0.25) is 0 Å². The van der Waals surface area contributed by atoms with Gasteiger partial charge >= 0.3 is 12.4 Å². The van der Waals surface area contributed by atoms with Crippen LogP contribution in [0.25, 0.3) is 16.6 Å². The summed E-state index contributed by atoms with van der Waals surface area (Å²) < 4.78 is 95.4. The maximum absolute atomic E-state index is 14.2. The average molecular weight is 749 g/mol. The van der Waals surface area contributed by atoms with E-state index in [1.54, 1.807) is 60.7 Å². The number of nitrogens with zero attached hydrogens (tertiary/aromatic N) is 3. The second-order valence-electron chi connectivity index (χ2n) is 11.0. The molecule has 1 aromatic heterocycles. The van der Waals surface area contributed by atoms with Crippen LogP contribution >= 0.6 is 15.9 Å². The van der Waals surface area contributed by atoms with Crippen molar-refractivity contribution in [2.75, 3.05) is 20.8 Å². The van der Waals surface area contributed by atoms with Crippen LogP contribution in [0.5, 0.6) is 11.5 Å². The molecule has 0 fully saturated rings. The number of halogens is 7. The van der Waals surface area contributed by atoms with Crippen molar-refractivity contribution in [3.8, 4) is 17.2 Å². The molecular weight excluding hydrogens is 720 g/mol. The molecule has 7 nitrogen and oxygen atoms in total. The molecular formula is C35H28BrF6N3O4. The number of methoxy groups -OCH3 is 2. The van der Waals surface area contributed by atoms with Crippen molar-refractivity contribution >= 4 is 32.7 Å². The van der Waals surface area contributed by atoms with Crippen molar-refractivity contribution < 1.29 is 40.6 Å². The highest BCUT2D eigenvalue weighted by Crippen LogP contribution is 2.39. The maximum Gasteiger partial charge on any atom is 0.416 e. The van der Waals surface area contributed by atoms with E-state index >= 15 is 0 Å². The molecule has 0 aliphatic carbocycles. The number of rotatable bonds is 9. The second kappa shape index (κ2) is 13.9. The summed E-state index contributed by atoms with van der Waals surface area (Å²) in [6.45, 7) is 1.34. The summed E-state index contributed by atoms with van der Waals surface area (Å²) >= 11 is 3.48. The molecule has 4 aromatic carbocycles. The molecule has 14 heteroatoms. The normalized spacial score (nSPS) is 12.5. The molecule has 0 spiro atoms. The quantitative estimate of drug-likeness (QED) is 0.141. The molecule has 5 rings (SSSR count). The predicted molar refractivity (Wildman–Crippen MR) is 174 cm³/mol. The fourth-order valence-corrected chi connectivity index (χ4v) is 5.97. The number of fused-ring (bicyclic) bond motifs is 1. The summed E-state index contributed by atoms with van der Waals surface area (Å²) in [7, 11) is 2.81. The number of carbonyl (C=O) groups excluding carboxylic acids is 1. The Kier molecular flexibility index (Phi) is 10.1. The monoisotopic (exact) mass is 747 g/mol.